The normalized spacial score (nSPS) is 18.8. The number of rotatable bonds is 3. The molecule has 1 heterocycles. The summed E-state index contributed by atoms with van der Waals surface area (Å²) in [6.07, 6.45) is 0. The van der Waals surface area contributed by atoms with Crippen LogP contribution in [0, 0.1) is 20.8 Å². The molecule has 29 heavy (non-hydrogen) atoms. The second-order valence-corrected chi connectivity index (χ2v) is 7.77. The Morgan fingerprint density at radius 3 is 2.07 bits per heavy atom. The van der Waals surface area contributed by atoms with E-state index in [9.17, 15) is 4.79 Å². The van der Waals surface area contributed by atoms with Crippen LogP contribution in [0.5, 0.6) is 0 Å². The number of carbonyl (C=O) groups is 1. The molecule has 0 saturated carbocycles. The zero-order valence-electron chi connectivity index (χ0n) is 17.2. The predicted molar refractivity (Wildman–Crippen MR) is 118 cm³/mol. The largest absolute Gasteiger partial charge is 0.369 e. The number of aliphatic imine (C=N–C) groups is 1. The van der Waals surface area contributed by atoms with Crippen LogP contribution in [0.15, 0.2) is 71.7 Å². The van der Waals surface area contributed by atoms with Crippen molar-refractivity contribution in [3.05, 3.63) is 94.5 Å². The van der Waals surface area contributed by atoms with Gasteiger partial charge < -0.3 is 5.73 Å². The highest BCUT2D eigenvalue weighted by atomic mass is 16.2. The molecular weight excluding hydrogens is 358 g/mol. The lowest BCUT2D eigenvalue weighted by atomic mass is 9.81. The molecule has 3 aromatic carbocycles. The maximum Gasteiger partial charge on any atom is 0.266 e. The van der Waals surface area contributed by atoms with E-state index in [-0.39, 0.29) is 11.9 Å². The van der Waals surface area contributed by atoms with Gasteiger partial charge in [0.1, 0.15) is 0 Å². The molecule has 0 bridgehead atoms. The monoisotopic (exact) mass is 383 g/mol. The van der Waals surface area contributed by atoms with E-state index in [1.54, 1.807) is 7.05 Å². The zero-order chi connectivity index (χ0) is 20.8. The molecule has 0 aromatic heterocycles. The summed E-state index contributed by atoms with van der Waals surface area (Å²) in [6.45, 7) is 6.36. The van der Waals surface area contributed by atoms with E-state index in [1.807, 2.05) is 42.5 Å². The van der Waals surface area contributed by atoms with E-state index in [0.717, 1.165) is 16.7 Å². The van der Waals surface area contributed by atoms with E-state index in [0.29, 0.717) is 0 Å². The van der Waals surface area contributed by atoms with Gasteiger partial charge in [0, 0.05) is 7.05 Å². The summed E-state index contributed by atoms with van der Waals surface area (Å²) in [5.74, 6) is 0.0858. The standard InChI is InChI=1S/C25H25N3O/c1-16-13-17(2)22(18(3)14-16)19-9-8-12-21(15-19)25(20-10-6-5-7-11-20)23(29)28(4)24(26)27-25/h5-15H,1-4H3,(H2,26,27). The number of likely N-dealkylation sites (N-methyl/N-ethyl adjacent to an activating group) is 1. The SMILES string of the molecule is Cc1cc(C)c(-c2cccc(C3(c4ccccc4)N=C(N)N(C)C3=O)c2)c(C)c1. The number of hydrogen-bond acceptors (Lipinski definition) is 3. The van der Waals surface area contributed by atoms with Gasteiger partial charge in [-0.25, -0.2) is 4.99 Å². The molecule has 2 N–H and O–H groups in total. The molecule has 1 amide bonds. The Labute approximate surface area is 171 Å². The van der Waals surface area contributed by atoms with Crippen LogP contribution < -0.4 is 5.73 Å². The van der Waals surface area contributed by atoms with E-state index in [2.05, 4.69) is 50.0 Å². The number of nitrogens with zero attached hydrogens (tertiary/aromatic N) is 2. The first kappa shape index (κ1) is 18.9. The number of hydrogen-bond donors (Lipinski definition) is 1. The molecule has 0 radical (unpaired) electrons. The number of guanidine groups is 1. The molecule has 0 fully saturated rings. The van der Waals surface area contributed by atoms with Gasteiger partial charge in [-0.3, -0.25) is 9.69 Å². The molecule has 1 aliphatic rings. The minimum atomic E-state index is -1.16. The van der Waals surface area contributed by atoms with Crippen molar-refractivity contribution >= 4 is 11.9 Å². The predicted octanol–water partition coefficient (Wildman–Crippen LogP) is 4.31. The van der Waals surface area contributed by atoms with E-state index >= 15 is 0 Å². The zero-order valence-corrected chi connectivity index (χ0v) is 17.2. The molecule has 0 saturated heterocycles. The molecule has 146 valence electrons. The van der Waals surface area contributed by atoms with Crippen molar-refractivity contribution in [2.75, 3.05) is 7.05 Å². The first-order valence-electron chi connectivity index (χ1n) is 9.72. The smallest absolute Gasteiger partial charge is 0.266 e. The quantitative estimate of drug-likeness (QED) is 0.733. The number of benzene rings is 3. The van der Waals surface area contributed by atoms with Gasteiger partial charge in [0.25, 0.3) is 5.91 Å². The Bertz CT molecular complexity index is 1110. The third-order valence-corrected chi connectivity index (χ3v) is 5.68. The van der Waals surface area contributed by atoms with Crippen LogP contribution in [0.2, 0.25) is 0 Å². The van der Waals surface area contributed by atoms with Gasteiger partial charge in [0.05, 0.1) is 0 Å². The highest BCUT2D eigenvalue weighted by molar-refractivity contribution is 6.09. The molecule has 1 aliphatic heterocycles. The Morgan fingerprint density at radius 2 is 1.48 bits per heavy atom. The third-order valence-electron chi connectivity index (χ3n) is 5.68. The average molecular weight is 383 g/mol. The van der Waals surface area contributed by atoms with Crippen LogP contribution in [-0.2, 0) is 10.3 Å². The van der Waals surface area contributed by atoms with E-state index in [1.165, 1.54) is 27.2 Å². The fraction of sp³-hybridized carbons (Fsp3) is 0.200. The van der Waals surface area contributed by atoms with Crippen LogP contribution in [0.1, 0.15) is 27.8 Å². The van der Waals surface area contributed by atoms with Gasteiger partial charge in [-0.2, -0.15) is 0 Å². The van der Waals surface area contributed by atoms with Crippen LogP contribution in [0.3, 0.4) is 0 Å². The van der Waals surface area contributed by atoms with E-state index in [4.69, 9.17) is 5.73 Å². The van der Waals surface area contributed by atoms with Crippen molar-refractivity contribution in [1.82, 2.24) is 4.90 Å². The second kappa shape index (κ2) is 6.89. The highest BCUT2D eigenvalue weighted by Gasteiger charge is 2.49. The summed E-state index contributed by atoms with van der Waals surface area (Å²) < 4.78 is 0. The van der Waals surface area contributed by atoms with Crippen LogP contribution >= 0.6 is 0 Å². The Kier molecular flexibility index (Phi) is 4.50. The van der Waals surface area contributed by atoms with Crippen LogP contribution in [0.4, 0.5) is 0 Å². The molecule has 0 spiro atoms. The summed E-state index contributed by atoms with van der Waals surface area (Å²) >= 11 is 0. The maximum atomic E-state index is 13.4. The first-order valence-corrected chi connectivity index (χ1v) is 9.72. The molecule has 0 aliphatic carbocycles. The Hall–Kier alpha value is -3.40. The Morgan fingerprint density at radius 1 is 0.862 bits per heavy atom. The number of nitrogens with two attached hydrogens (primary N) is 1. The molecule has 3 aromatic rings. The molecule has 4 heteroatoms. The number of carbonyl (C=O) groups excluding carboxylic acids is 1. The van der Waals surface area contributed by atoms with Gasteiger partial charge in [-0.15, -0.1) is 0 Å². The minimum Gasteiger partial charge on any atom is -0.369 e. The topological polar surface area (TPSA) is 58.7 Å². The van der Waals surface area contributed by atoms with Crippen molar-refractivity contribution in [3.63, 3.8) is 0 Å². The van der Waals surface area contributed by atoms with Gasteiger partial charge >= 0.3 is 0 Å². The van der Waals surface area contributed by atoms with Crippen molar-refractivity contribution in [3.8, 4) is 11.1 Å². The second-order valence-electron chi connectivity index (χ2n) is 7.77. The molecule has 1 atom stereocenters. The summed E-state index contributed by atoms with van der Waals surface area (Å²) in [6, 6.07) is 22.1. The fourth-order valence-corrected chi connectivity index (χ4v) is 4.40. The van der Waals surface area contributed by atoms with Crippen LogP contribution in [-0.4, -0.2) is 23.8 Å². The van der Waals surface area contributed by atoms with Crippen molar-refractivity contribution in [2.24, 2.45) is 10.7 Å². The van der Waals surface area contributed by atoms with Gasteiger partial charge in [-0.1, -0.05) is 66.2 Å². The van der Waals surface area contributed by atoms with Crippen molar-refractivity contribution < 1.29 is 4.79 Å². The molecule has 4 rings (SSSR count). The Balaban J connectivity index is 1.96. The number of aryl methyl sites for hydroxylation is 3. The first-order chi connectivity index (χ1) is 13.8. The van der Waals surface area contributed by atoms with Crippen molar-refractivity contribution in [1.29, 1.82) is 0 Å². The van der Waals surface area contributed by atoms with Crippen LogP contribution in [0.25, 0.3) is 11.1 Å². The molecule has 4 nitrogen and oxygen atoms in total. The van der Waals surface area contributed by atoms with Gasteiger partial charge in [0.2, 0.25) is 0 Å². The lowest BCUT2D eigenvalue weighted by molar-refractivity contribution is -0.129. The summed E-state index contributed by atoms with van der Waals surface area (Å²) in [7, 11) is 1.67. The number of amides is 1. The summed E-state index contributed by atoms with van der Waals surface area (Å²) in [5.41, 5.74) is 12.5. The maximum absolute atomic E-state index is 13.4. The lowest BCUT2D eigenvalue weighted by Crippen LogP contribution is -2.41. The summed E-state index contributed by atoms with van der Waals surface area (Å²) in [5, 5.41) is 0. The van der Waals surface area contributed by atoms with Gasteiger partial charge in [0.15, 0.2) is 11.5 Å². The van der Waals surface area contributed by atoms with E-state index < -0.39 is 5.54 Å². The molecular formula is C25H25N3O. The lowest BCUT2D eigenvalue weighted by Gasteiger charge is -2.26. The fourth-order valence-electron chi connectivity index (χ4n) is 4.40. The average Bonchev–Trinajstić information content (AvgIpc) is 2.93. The van der Waals surface area contributed by atoms with Crippen molar-refractivity contribution in [2.45, 2.75) is 26.3 Å². The van der Waals surface area contributed by atoms with Gasteiger partial charge in [-0.05, 0) is 60.2 Å². The third kappa shape index (κ3) is 2.92. The molecule has 1 unspecified atom stereocenters. The highest BCUT2D eigenvalue weighted by Crippen LogP contribution is 2.41. The summed E-state index contributed by atoms with van der Waals surface area (Å²) in [4.78, 5) is 19.5. The minimum absolute atomic E-state index is 0.143.